The minimum atomic E-state index is -0.0993. The van der Waals surface area contributed by atoms with Gasteiger partial charge in [-0.15, -0.1) is 0 Å². The fourth-order valence-electron chi connectivity index (χ4n) is 3.19. The largest absolute Gasteiger partial charge is 0.351 e. The van der Waals surface area contributed by atoms with Crippen molar-refractivity contribution in [1.82, 2.24) is 10.3 Å². The predicted octanol–water partition coefficient (Wildman–Crippen LogP) is 4.35. The average Bonchev–Trinajstić information content (AvgIpc) is 3.41. The summed E-state index contributed by atoms with van der Waals surface area (Å²) in [5, 5.41) is 4.25. The number of nitrogens with zero attached hydrogens (tertiary/aromatic N) is 1. The van der Waals surface area contributed by atoms with Crippen molar-refractivity contribution >= 4 is 28.4 Å². The van der Waals surface area contributed by atoms with Crippen LogP contribution in [0.25, 0.3) is 10.9 Å². The van der Waals surface area contributed by atoms with Crippen LogP contribution in [0.5, 0.6) is 0 Å². The molecule has 0 radical (unpaired) electrons. The second kappa shape index (κ2) is 5.91. The number of aromatic nitrogens is 1. The molecule has 4 rings (SSSR count). The standard InChI is InChI=1S/C20H17ClN2O/c21-18-12-16(15-8-4-5-9-17(15)23-18)19(24)22-13-20(10-11-20)14-6-2-1-3-7-14/h1-9,12H,10-11,13H2,(H,22,24). The number of carbonyl (C=O) groups is 1. The Bertz CT molecular complexity index is 904. The first-order valence-electron chi connectivity index (χ1n) is 8.07. The highest BCUT2D eigenvalue weighted by Gasteiger charge is 2.44. The van der Waals surface area contributed by atoms with Crippen molar-refractivity contribution in [2.45, 2.75) is 18.3 Å². The van der Waals surface area contributed by atoms with Gasteiger partial charge in [0.15, 0.2) is 0 Å². The summed E-state index contributed by atoms with van der Waals surface area (Å²) in [5.41, 5.74) is 2.69. The Labute approximate surface area is 145 Å². The summed E-state index contributed by atoms with van der Waals surface area (Å²) < 4.78 is 0. The zero-order valence-corrected chi connectivity index (χ0v) is 13.9. The molecule has 1 aliphatic carbocycles. The van der Waals surface area contributed by atoms with Crippen LogP contribution in [-0.4, -0.2) is 17.4 Å². The third-order valence-corrected chi connectivity index (χ3v) is 4.95. The summed E-state index contributed by atoms with van der Waals surface area (Å²) in [5.74, 6) is -0.0993. The van der Waals surface area contributed by atoms with E-state index in [2.05, 4.69) is 22.4 Å². The Morgan fingerprint density at radius 3 is 2.54 bits per heavy atom. The van der Waals surface area contributed by atoms with E-state index in [1.54, 1.807) is 6.07 Å². The number of carbonyl (C=O) groups excluding carboxylic acids is 1. The van der Waals surface area contributed by atoms with Crippen molar-refractivity contribution < 1.29 is 4.79 Å². The lowest BCUT2D eigenvalue weighted by Crippen LogP contribution is -2.32. The average molecular weight is 337 g/mol. The number of benzene rings is 2. The van der Waals surface area contributed by atoms with Gasteiger partial charge in [0.2, 0.25) is 0 Å². The molecule has 1 saturated carbocycles. The van der Waals surface area contributed by atoms with Gasteiger partial charge >= 0.3 is 0 Å². The number of pyridine rings is 1. The van der Waals surface area contributed by atoms with E-state index in [0.717, 1.165) is 23.7 Å². The number of fused-ring (bicyclic) bond motifs is 1. The lowest BCUT2D eigenvalue weighted by molar-refractivity contribution is 0.0951. The first kappa shape index (κ1) is 15.2. The predicted molar refractivity (Wildman–Crippen MR) is 96.4 cm³/mol. The summed E-state index contributed by atoms with van der Waals surface area (Å²) in [6.45, 7) is 0.643. The molecule has 24 heavy (non-hydrogen) atoms. The van der Waals surface area contributed by atoms with Crippen LogP contribution < -0.4 is 5.32 Å². The molecule has 120 valence electrons. The Kier molecular flexibility index (Phi) is 3.73. The highest BCUT2D eigenvalue weighted by atomic mass is 35.5. The van der Waals surface area contributed by atoms with Gasteiger partial charge in [0.25, 0.3) is 5.91 Å². The highest BCUT2D eigenvalue weighted by Crippen LogP contribution is 2.47. The first-order valence-corrected chi connectivity index (χ1v) is 8.45. The summed E-state index contributed by atoms with van der Waals surface area (Å²) in [6, 6.07) is 19.6. The molecule has 2 aromatic carbocycles. The summed E-state index contributed by atoms with van der Waals surface area (Å²) in [4.78, 5) is 17.0. The molecular weight excluding hydrogens is 320 g/mol. The van der Waals surface area contributed by atoms with Crippen LogP contribution >= 0.6 is 11.6 Å². The Balaban J connectivity index is 1.58. The SMILES string of the molecule is O=C(NCC1(c2ccccc2)CC1)c1cc(Cl)nc2ccccc12. The maximum Gasteiger partial charge on any atom is 0.252 e. The minimum absolute atomic E-state index is 0.0869. The van der Waals surface area contributed by atoms with Gasteiger partial charge in [-0.3, -0.25) is 4.79 Å². The molecule has 0 atom stereocenters. The van der Waals surface area contributed by atoms with Crippen molar-refractivity contribution in [3.63, 3.8) is 0 Å². The van der Waals surface area contributed by atoms with E-state index in [1.807, 2.05) is 42.5 Å². The van der Waals surface area contributed by atoms with E-state index >= 15 is 0 Å². The van der Waals surface area contributed by atoms with Crippen molar-refractivity contribution in [3.8, 4) is 0 Å². The molecule has 0 spiro atoms. The van der Waals surface area contributed by atoms with Crippen molar-refractivity contribution in [2.24, 2.45) is 0 Å². The van der Waals surface area contributed by atoms with Crippen LogP contribution in [0.15, 0.2) is 60.7 Å². The molecule has 1 aliphatic rings. The Morgan fingerprint density at radius 2 is 1.79 bits per heavy atom. The number of nitrogens with one attached hydrogen (secondary N) is 1. The number of rotatable bonds is 4. The molecule has 1 amide bonds. The lowest BCUT2D eigenvalue weighted by Gasteiger charge is -2.17. The molecule has 1 heterocycles. The van der Waals surface area contributed by atoms with Crippen molar-refractivity contribution in [3.05, 3.63) is 76.9 Å². The first-order chi connectivity index (χ1) is 11.7. The van der Waals surface area contributed by atoms with E-state index in [9.17, 15) is 4.79 Å². The lowest BCUT2D eigenvalue weighted by atomic mass is 9.96. The quantitative estimate of drug-likeness (QED) is 0.720. The van der Waals surface area contributed by atoms with Crippen LogP contribution in [0, 0.1) is 0 Å². The maximum absolute atomic E-state index is 12.7. The van der Waals surface area contributed by atoms with E-state index in [-0.39, 0.29) is 11.3 Å². The second-order valence-corrected chi connectivity index (χ2v) is 6.73. The molecule has 1 aromatic heterocycles. The van der Waals surface area contributed by atoms with Gasteiger partial charge in [-0.2, -0.15) is 0 Å². The maximum atomic E-state index is 12.7. The van der Waals surface area contributed by atoms with Gasteiger partial charge in [-0.05, 0) is 30.5 Å². The van der Waals surface area contributed by atoms with E-state index in [0.29, 0.717) is 17.3 Å². The van der Waals surface area contributed by atoms with Gasteiger partial charge < -0.3 is 5.32 Å². The number of amides is 1. The van der Waals surface area contributed by atoms with Crippen LogP contribution in [0.4, 0.5) is 0 Å². The number of para-hydroxylation sites is 1. The summed E-state index contributed by atoms with van der Waals surface area (Å²) in [6.07, 6.45) is 2.21. The van der Waals surface area contributed by atoms with Crippen molar-refractivity contribution in [1.29, 1.82) is 0 Å². The third kappa shape index (κ3) is 2.76. The van der Waals surface area contributed by atoms with E-state index in [4.69, 9.17) is 11.6 Å². The van der Waals surface area contributed by atoms with Crippen LogP contribution in [-0.2, 0) is 5.41 Å². The zero-order chi connectivity index (χ0) is 16.6. The second-order valence-electron chi connectivity index (χ2n) is 6.34. The minimum Gasteiger partial charge on any atom is -0.351 e. The molecule has 1 fully saturated rings. The summed E-state index contributed by atoms with van der Waals surface area (Å²) >= 11 is 6.08. The molecule has 4 heteroatoms. The normalized spacial score (nSPS) is 15.2. The van der Waals surface area contributed by atoms with Gasteiger partial charge in [-0.25, -0.2) is 4.98 Å². The fraction of sp³-hybridized carbons (Fsp3) is 0.200. The topological polar surface area (TPSA) is 42.0 Å². The van der Waals surface area contributed by atoms with Crippen LogP contribution in [0.3, 0.4) is 0 Å². The van der Waals surface area contributed by atoms with Gasteiger partial charge in [0, 0.05) is 17.3 Å². The molecule has 0 unspecified atom stereocenters. The number of halogens is 1. The monoisotopic (exact) mass is 336 g/mol. The third-order valence-electron chi connectivity index (χ3n) is 4.76. The molecular formula is C20H17ClN2O. The van der Waals surface area contributed by atoms with Crippen molar-refractivity contribution in [2.75, 3.05) is 6.54 Å². The van der Waals surface area contributed by atoms with Gasteiger partial charge in [-0.1, -0.05) is 60.1 Å². The zero-order valence-electron chi connectivity index (χ0n) is 13.1. The summed E-state index contributed by atoms with van der Waals surface area (Å²) in [7, 11) is 0. The molecule has 0 aliphatic heterocycles. The fourth-order valence-corrected chi connectivity index (χ4v) is 3.39. The van der Waals surface area contributed by atoms with Gasteiger partial charge in [0.05, 0.1) is 11.1 Å². The van der Waals surface area contributed by atoms with E-state index < -0.39 is 0 Å². The van der Waals surface area contributed by atoms with Crippen LogP contribution in [0.2, 0.25) is 5.15 Å². The van der Waals surface area contributed by atoms with Crippen LogP contribution in [0.1, 0.15) is 28.8 Å². The smallest absolute Gasteiger partial charge is 0.252 e. The number of hydrogen-bond acceptors (Lipinski definition) is 2. The van der Waals surface area contributed by atoms with E-state index in [1.165, 1.54) is 5.56 Å². The number of hydrogen-bond donors (Lipinski definition) is 1. The molecule has 0 bridgehead atoms. The Hall–Kier alpha value is -2.39. The highest BCUT2D eigenvalue weighted by molar-refractivity contribution is 6.30. The van der Waals surface area contributed by atoms with Gasteiger partial charge in [0.1, 0.15) is 5.15 Å². The molecule has 1 N–H and O–H groups in total. The molecule has 3 nitrogen and oxygen atoms in total. The molecule has 0 saturated heterocycles. The Morgan fingerprint density at radius 1 is 1.08 bits per heavy atom. The molecule has 3 aromatic rings.